The third-order valence-corrected chi connectivity index (χ3v) is 6.99. The molecule has 0 aliphatic carbocycles. The van der Waals surface area contributed by atoms with E-state index in [0.29, 0.717) is 0 Å². The SMILES string of the molecule is O=C(O)C1OC(OC2C(COSOOO)OC(COS(=O)(=O)O)C2OS(=O)(=O)O)C(OS(=O)(=O)O)C(O)C1OSOOO. The Morgan fingerprint density at radius 2 is 1.30 bits per heavy atom. The first-order chi connectivity index (χ1) is 19.9. The standard InChI is InChI=1S/C12H20O26S5/c13-5-8(32-40-38-36-17)10(11(14)15)31-12(9(5)34-43(24,25)26)30-6-3(1-27-39-37-35-16)29-4(2-28-41(18,19)20)7(6)33-42(21,22)23/h3-10,12-13,16-17H,1-2H2,(H,14,15)(H,18,19,20)(H,21,22,23)(H,24,25,26). The second-order valence-electron chi connectivity index (χ2n) is 7.52. The third-order valence-electron chi connectivity index (χ3n) is 4.86. The summed E-state index contributed by atoms with van der Waals surface area (Å²) in [4.78, 5) is 11.8. The summed E-state index contributed by atoms with van der Waals surface area (Å²) in [6, 6.07) is 0. The number of carbonyl (C=O) groups is 1. The predicted molar refractivity (Wildman–Crippen MR) is 122 cm³/mol. The maximum absolute atomic E-state index is 11.8. The van der Waals surface area contributed by atoms with E-state index in [9.17, 15) is 49.4 Å². The summed E-state index contributed by atoms with van der Waals surface area (Å²) in [6.45, 7) is -2.09. The van der Waals surface area contributed by atoms with Crippen LogP contribution in [-0.4, -0.2) is 134 Å². The van der Waals surface area contributed by atoms with Crippen molar-refractivity contribution in [2.75, 3.05) is 13.2 Å². The van der Waals surface area contributed by atoms with Gasteiger partial charge in [-0.1, -0.05) is 10.1 Å². The van der Waals surface area contributed by atoms with Gasteiger partial charge in [0.15, 0.2) is 43.1 Å². The molecule has 9 unspecified atom stereocenters. The van der Waals surface area contributed by atoms with E-state index in [-0.39, 0.29) is 24.6 Å². The van der Waals surface area contributed by atoms with Gasteiger partial charge in [-0.15, -0.1) is 8.67 Å². The van der Waals surface area contributed by atoms with Gasteiger partial charge in [-0.05, 0) is 0 Å². The topological polar surface area (TPSA) is 372 Å². The van der Waals surface area contributed by atoms with Crippen molar-refractivity contribution in [3.63, 3.8) is 0 Å². The summed E-state index contributed by atoms with van der Waals surface area (Å²) in [6.07, 6.45) is -19.9. The van der Waals surface area contributed by atoms with E-state index in [0.717, 1.165) is 0 Å². The van der Waals surface area contributed by atoms with Crippen LogP contribution in [-0.2, 0) is 89.9 Å². The maximum atomic E-state index is 11.8. The molecule has 0 bridgehead atoms. The second-order valence-corrected chi connectivity index (χ2v) is 11.7. The van der Waals surface area contributed by atoms with Gasteiger partial charge in [0.1, 0.15) is 36.6 Å². The lowest BCUT2D eigenvalue weighted by Crippen LogP contribution is -2.63. The number of ether oxygens (including phenoxy) is 3. The van der Waals surface area contributed by atoms with Crippen LogP contribution in [0.4, 0.5) is 0 Å². The molecule has 254 valence electrons. The summed E-state index contributed by atoms with van der Waals surface area (Å²) in [5.74, 6) is -1.93. The van der Waals surface area contributed by atoms with Crippen molar-refractivity contribution in [3.05, 3.63) is 0 Å². The number of hydrogen-bond acceptors (Lipinski definition) is 24. The van der Waals surface area contributed by atoms with Gasteiger partial charge >= 0.3 is 37.2 Å². The smallest absolute Gasteiger partial charge is 0.397 e. The zero-order valence-corrected chi connectivity index (χ0v) is 24.1. The minimum Gasteiger partial charge on any atom is -0.479 e. The molecular weight excluding hydrogens is 720 g/mol. The summed E-state index contributed by atoms with van der Waals surface area (Å²) in [5, 5.41) is 43.1. The first kappa shape index (κ1) is 38.5. The van der Waals surface area contributed by atoms with E-state index in [2.05, 4.69) is 31.3 Å². The number of aliphatic hydroxyl groups is 1. The van der Waals surface area contributed by atoms with E-state index < -0.39 is 106 Å². The third kappa shape index (κ3) is 12.9. The van der Waals surface area contributed by atoms with Gasteiger partial charge in [0, 0.05) is 0 Å². The molecule has 43 heavy (non-hydrogen) atoms. The number of aliphatic hydroxyl groups excluding tert-OH is 1. The lowest BCUT2D eigenvalue weighted by molar-refractivity contribution is -0.435. The number of hydrogen-bond donors (Lipinski definition) is 7. The van der Waals surface area contributed by atoms with Crippen LogP contribution < -0.4 is 0 Å². The second kappa shape index (κ2) is 16.7. The largest absolute Gasteiger partial charge is 0.479 e. The average molecular weight is 741 g/mol. The van der Waals surface area contributed by atoms with E-state index in [1.807, 2.05) is 0 Å². The highest BCUT2D eigenvalue weighted by Gasteiger charge is 2.56. The van der Waals surface area contributed by atoms with Crippen molar-refractivity contribution in [1.29, 1.82) is 0 Å². The predicted octanol–water partition coefficient (Wildman–Crippen LogP) is -3.12. The minimum atomic E-state index is -5.54. The van der Waals surface area contributed by atoms with Gasteiger partial charge in [0.05, 0.1) is 13.2 Å². The van der Waals surface area contributed by atoms with Gasteiger partial charge < -0.3 is 24.4 Å². The Hall–Kier alpha value is -0.700. The molecule has 26 nitrogen and oxygen atoms in total. The fraction of sp³-hybridized carbons (Fsp3) is 0.917. The zero-order valence-electron chi connectivity index (χ0n) is 20.0. The van der Waals surface area contributed by atoms with Crippen LogP contribution in [0, 0.1) is 0 Å². The summed E-state index contributed by atoms with van der Waals surface area (Å²) in [5.41, 5.74) is 0. The molecule has 0 aromatic rings. The van der Waals surface area contributed by atoms with Crippen molar-refractivity contribution in [1.82, 2.24) is 0 Å². The van der Waals surface area contributed by atoms with Crippen molar-refractivity contribution >= 4 is 61.8 Å². The lowest BCUT2D eigenvalue weighted by Gasteiger charge is -2.42. The number of carboxylic acid groups (broad SMARTS) is 1. The molecule has 2 aliphatic heterocycles. The summed E-state index contributed by atoms with van der Waals surface area (Å²) in [7, 11) is -16.2. The maximum Gasteiger partial charge on any atom is 0.397 e. The van der Waals surface area contributed by atoms with Crippen LogP contribution >= 0.6 is 24.6 Å². The monoisotopic (exact) mass is 740 g/mol. The van der Waals surface area contributed by atoms with Crippen LogP contribution in [0.25, 0.3) is 0 Å². The van der Waals surface area contributed by atoms with Crippen molar-refractivity contribution < 1.29 is 118 Å². The van der Waals surface area contributed by atoms with Crippen LogP contribution in [0.2, 0.25) is 0 Å². The van der Waals surface area contributed by atoms with Crippen molar-refractivity contribution in [2.24, 2.45) is 0 Å². The average Bonchev–Trinajstić information content (AvgIpc) is 3.17. The van der Waals surface area contributed by atoms with E-state index >= 15 is 0 Å². The molecule has 2 heterocycles. The number of carboxylic acids is 1. The highest BCUT2D eigenvalue weighted by Crippen LogP contribution is 2.35. The summed E-state index contributed by atoms with van der Waals surface area (Å²) >= 11 is -0.378. The number of aliphatic carboxylic acids is 1. The number of rotatable bonds is 19. The molecular formula is C12H20O26S5. The molecule has 0 radical (unpaired) electrons. The Labute approximate surface area is 248 Å². The minimum absolute atomic E-state index is 0.0838. The molecule has 9 atom stereocenters. The zero-order chi connectivity index (χ0) is 32.6. The van der Waals surface area contributed by atoms with Crippen LogP contribution in [0.3, 0.4) is 0 Å². The Balaban J connectivity index is 2.50. The van der Waals surface area contributed by atoms with Crippen LogP contribution in [0.1, 0.15) is 0 Å². The van der Waals surface area contributed by atoms with Crippen molar-refractivity contribution in [3.8, 4) is 0 Å². The molecule has 0 saturated carbocycles. The fourth-order valence-corrected chi connectivity index (χ4v) is 5.41. The molecule has 0 amide bonds. The lowest BCUT2D eigenvalue weighted by atomic mass is 9.98. The molecule has 2 fully saturated rings. The van der Waals surface area contributed by atoms with E-state index in [1.165, 1.54) is 0 Å². The highest BCUT2D eigenvalue weighted by molar-refractivity contribution is 7.90. The summed E-state index contributed by atoms with van der Waals surface area (Å²) < 4.78 is 142. The van der Waals surface area contributed by atoms with Crippen molar-refractivity contribution in [2.45, 2.75) is 55.1 Å². The van der Waals surface area contributed by atoms with Gasteiger partial charge in [-0.25, -0.2) is 27.9 Å². The molecule has 2 aliphatic rings. The molecule has 2 rings (SSSR count). The fourth-order valence-electron chi connectivity index (χ4n) is 3.49. The van der Waals surface area contributed by atoms with E-state index in [4.69, 9.17) is 37.6 Å². The Bertz CT molecular complexity index is 1210. The highest BCUT2D eigenvalue weighted by atomic mass is 32.3. The van der Waals surface area contributed by atoms with Crippen LogP contribution in [0.15, 0.2) is 0 Å². The molecule has 0 spiro atoms. The van der Waals surface area contributed by atoms with Gasteiger partial charge in [-0.3, -0.25) is 22.0 Å². The van der Waals surface area contributed by atoms with Gasteiger partial charge in [0.25, 0.3) is 0 Å². The first-order valence-electron chi connectivity index (χ1n) is 10.2. The normalized spacial score (nSPS) is 32.2. The Kier molecular flexibility index (Phi) is 15.0. The Morgan fingerprint density at radius 1 is 0.744 bits per heavy atom. The first-order valence-corrected chi connectivity index (χ1v) is 15.7. The quantitative estimate of drug-likeness (QED) is 0.0226. The van der Waals surface area contributed by atoms with Gasteiger partial charge in [-0.2, -0.15) is 25.3 Å². The van der Waals surface area contributed by atoms with Gasteiger partial charge in [0.2, 0.25) is 0 Å². The van der Waals surface area contributed by atoms with E-state index in [1.54, 1.807) is 0 Å². The molecule has 0 aromatic heterocycles. The van der Waals surface area contributed by atoms with Crippen LogP contribution in [0.5, 0.6) is 0 Å². The molecule has 2 saturated heterocycles. The molecule has 7 N–H and O–H groups in total. The molecule has 0 aromatic carbocycles. The molecule has 31 heteroatoms. The Morgan fingerprint density at radius 3 is 1.84 bits per heavy atom.